The number of piperidine rings is 1. The highest BCUT2D eigenvalue weighted by Crippen LogP contribution is 2.32. The van der Waals surface area contributed by atoms with Gasteiger partial charge in [-0.2, -0.15) is 0 Å². The Hall–Kier alpha value is -2.66. The van der Waals surface area contributed by atoms with E-state index in [-0.39, 0.29) is 5.91 Å². The van der Waals surface area contributed by atoms with Crippen LogP contribution in [0.2, 0.25) is 0 Å². The van der Waals surface area contributed by atoms with Crippen LogP contribution in [0.25, 0.3) is 11.0 Å². The number of rotatable bonds is 4. The summed E-state index contributed by atoms with van der Waals surface area (Å²) in [5, 5.41) is 2.91. The van der Waals surface area contributed by atoms with Crippen molar-refractivity contribution in [3.63, 3.8) is 0 Å². The molecule has 2 aromatic heterocycles. The van der Waals surface area contributed by atoms with Crippen molar-refractivity contribution in [2.45, 2.75) is 25.7 Å². The number of nitrogens with zero attached hydrogens (tertiary/aromatic N) is 2. The van der Waals surface area contributed by atoms with Gasteiger partial charge in [0.1, 0.15) is 5.82 Å². The summed E-state index contributed by atoms with van der Waals surface area (Å²) < 4.78 is 0. The van der Waals surface area contributed by atoms with Crippen molar-refractivity contribution in [1.29, 1.82) is 0 Å². The van der Waals surface area contributed by atoms with Crippen LogP contribution in [-0.2, 0) is 0 Å². The number of carbonyl (C=O) groups excluding carboxylic acids is 1. The molecule has 5 nitrogen and oxygen atoms in total. The zero-order valence-corrected chi connectivity index (χ0v) is 15.0. The maximum Gasteiger partial charge on any atom is 0.256 e. The fourth-order valence-electron chi connectivity index (χ4n) is 3.74. The predicted octanol–water partition coefficient (Wildman–Crippen LogP) is 4.01. The van der Waals surface area contributed by atoms with Gasteiger partial charge in [-0.3, -0.25) is 4.79 Å². The molecule has 0 bridgehead atoms. The van der Waals surface area contributed by atoms with E-state index in [2.05, 4.69) is 28.3 Å². The third-order valence-corrected chi connectivity index (χ3v) is 5.30. The van der Waals surface area contributed by atoms with Gasteiger partial charge >= 0.3 is 0 Å². The molecule has 1 fully saturated rings. The Morgan fingerprint density at radius 3 is 2.69 bits per heavy atom. The number of fused-ring (bicyclic) bond motifs is 1. The number of aromatic amines is 1. The Morgan fingerprint density at radius 1 is 1.19 bits per heavy atom. The molecular formula is C21H24N4O. The average Bonchev–Trinajstić information content (AvgIpc) is 3.12. The number of pyridine rings is 1. The Kier molecular flexibility index (Phi) is 4.71. The standard InChI is InChI=1S/C21H24N4O/c1-2-25-12-10-15(11-13-25)17-14-22-18-8-9-19(23-20(17)18)24-21(26)16-6-4-3-5-7-16/h3-9,14-15,22H,2,10-13H2,1H3,(H,23,24,26). The van der Waals surface area contributed by atoms with E-state index in [1.165, 1.54) is 5.56 Å². The van der Waals surface area contributed by atoms with Crippen LogP contribution in [0.1, 0.15) is 41.6 Å². The van der Waals surface area contributed by atoms with E-state index in [4.69, 9.17) is 4.98 Å². The number of H-pyrrole nitrogens is 1. The normalized spacial score (nSPS) is 16.0. The van der Waals surface area contributed by atoms with Gasteiger partial charge in [-0.1, -0.05) is 25.1 Å². The largest absolute Gasteiger partial charge is 0.360 e. The van der Waals surface area contributed by atoms with E-state index in [1.807, 2.05) is 30.3 Å². The predicted molar refractivity (Wildman–Crippen MR) is 105 cm³/mol. The molecule has 0 atom stereocenters. The van der Waals surface area contributed by atoms with Crippen LogP contribution in [0.5, 0.6) is 0 Å². The molecule has 1 aliphatic rings. The van der Waals surface area contributed by atoms with E-state index in [1.54, 1.807) is 12.1 Å². The number of aromatic nitrogens is 2. The molecule has 0 spiro atoms. The highest BCUT2D eigenvalue weighted by molar-refractivity contribution is 6.04. The quantitative estimate of drug-likeness (QED) is 0.749. The molecule has 0 saturated carbocycles. The van der Waals surface area contributed by atoms with Crippen LogP contribution in [0.3, 0.4) is 0 Å². The number of nitrogens with one attached hydrogen (secondary N) is 2. The third kappa shape index (κ3) is 3.35. The summed E-state index contributed by atoms with van der Waals surface area (Å²) >= 11 is 0. The highest BCUT2D eigenvalue weighted by atomic mass is 16.1. The molecule has 5 heteroatoms. The second kappa shape index (κ2) is 7.30. The monoisotopic (exact) mass is 348 g/mol. The number of carbonyl (C=O) groups is 1. The van der Waals surface area contributed by atoms with Gasteiger partial charge in [0, 0.05) is 11.8 Å². The van der Waals surface area contributed by atoms with Gasteiger partial charge < -0.3 is 15.2 Å². The van der Waals surface area contributed by atoms with Crippen molar-refractivity contribution in [3.05, 3.63) is 59.8 Å². The first-order valence-corrected chi connectivity index (χ1v) is 9.31. The summed E-state index contributed by atoms with van der Waals surface area (Å²) in [6, 6.07) is 13.1. The van der Waals surface area contributed by atoms with Gasteiger partial charge in [-0.15, -0.1) is 0 Å². The van der Waals surface area contributed by atoms with E-state index in [0.29, 0.717) is 17.3 Å². The maximum atomic E-state index is 12.4. The molecule has 0 aliphatic carbocycles. The Labute approximate surface area is 153 Å². The van der Waals surface area contributed by atoms with Crippen molar-refractivity contribution >= 4 is 22.8 Å². The lowest BCUT2D eigenvalue weighted by Gasteiger charge is -2.30. The molecule has 1 amide bonds. The minimum Gasteiger partial charge on any atom is -0.360 e. The number of hydrogen-bond donors (Lipinski definition) is 2. The van der Waals surface area contributed by atoms with E-state index >= 15 is 0 Å². The van der Waals surface area contributed by atoms with Crippen molar-refractivity contribution in [2.75, 3.05) is 25.0 Å². The van der Waals surface area contributed by atoms with Gasteiger partial charge in [-0.25, -0.2) is 4.98 Å². The molecule has 3 heterocycles. The number of anilines is 1. The minimum absolute atomic E-state index is 0.134. The lowest BCUT2D eigenvalue weighted by molar-refractivity contribution is 0.102. The molecular weight excluding hydrogens is 324 g/mol. The summed E-state index contributed by atoms with van der Waals surface area (Å²) in [7, 11) is 0. The van der Waals surface area contributed by atoms with Gasteiger partial charge in [0.15, 0.2) is 0 Å². The zero-order chi connectivity index (χ0) is 17.9. The van der Waals surface area contributed by atoms with E-state index < -0.39 is 0 Å². The molecule has 1 saturated heterocycles. The number of benzene rings is 1. The van der Waals surface area contributed by atoms with Crippen molar-refractivity contribution in [2.24, 2.45) is 0 Å². The summed E-state index contributed by atoms with van der Waals surface area (Å²) in [5.74, 6) is 0.989. The average molecular weight is 348 g/mol. The lowest BCUT2D eigenvalue weighted by Crippen LogP contribution is -2.32. The highest BCUT2D eigenvalue weighted by Gasteiger charge is 2.22. The molecule has 1 aromatic carbocycles. The molecule has 134 valence electrons. The molecule has 0 radical (unpaired) electrons. The maximum absolute atomic E-state index is 12.4. The smallest absolute Gasteiger partial charge is 0.256 e. The summed E-state index contributed by atoms with van der Waals surface area (Å²) in [4.78, 5) is 22.9. The summed E-state index contributed by atoms with van der Waals surface area (Å²) in [5.41, 5.74) is 3.91. The topological polar surface area (TPSA) is 61.0 Å². The van der Waals surface area contributed by atoms with Crippen molar-refractivity contribution in [3.8, 4) is 0 Å². The van der Waals surface area contributed by atoms with Gasteiger partial charge in [0.05, 0.1) is 11.0 Å². The van der Waals surface area contributed by atoms with Gasteiger partial charge in [0.25, 0.3) is 5.91 Å². The second-order valence-electron chi connectivity index (χ2n) is 6.87. The summed E-state index contributed by atoms with van der Waals surface area (Å²) in [6.07, 6.45) is 4.40. The fraction of sp³-hybridized carbons (Fsp3) is 0.333. The SMILES string of the molecule is CCN1CCC(c2c[nH]c3ccc(NC(=O)c4ccccc4)nc23)CC1. The number of hydrogen-bond acceptors (Lipinski definition) is 3. The Morgan fingerprint density at radius 2 is 1.96 bits per heavy atom. The zero-order valence-electron chi connectivity index (χ0n) is 15.0. The van der Waals surface area contributed by atoms with E-state index in [0.717, 1.165) is 43.5 Å². The second-order valence-corrected chi connectivity index (χ2v) is 6.87. The Balaban J connectivity index is 1.56. The van der Waals surface area contributed by atoms with Crippen LogP contribution < -0.4 is 5.32 Å². The molecule has 26 heavy (non-hydrogen) atoms. The van der Waals surface area contributed by atoms with Crippen LogP contribution in [0, 0.1) is 0 Å². The molecule has 3 aromatic rings. The van der Waals surface area contributed by atoms with Crippen LogP contribution in [-0.4, -0.2) is 40.4 Å². The molecule has 2 N–H and O–H groups in total. The van der Waals surface area contributed by atoms with Gasteiger partial charge in [-0.05, 0) is 68.2 Å². The van der Waals surface area contributed by atoms with Gasteiger partial charge in [0.2, 0.25) is 0 Å². The summed E-state index contributed by atoms with van der Waals surface area (Å²) in [6.45, 7) is 5.61. The van der Waals surface area contributed by atoms with Crippen LogP contribution >= 0.6 is 0 Å². The lowest BCUT2D eigenvalue weighted by atomic mass is 9.90. The molecule has 0 unspecified atom stereocenters. The fourth-order valence-corrected chi connectivity index (χ4v) is 3.74. The molecule has 4 rings (SSSR count). The number of likely N-dealkylation sites (tertiary alicyclic amines) is 1. The first-order valence-electron chi connectivity index (χ1n) is 9.31. The first-order chi connectivity index (χ1) is 12.7. The van der Waals surface area contributed by atoms with Crippen LogP contribution in [0.4, 0.5) is 5.82 Å². The first kappa shape index (κ1) is 16.8. The van der Waals surface area contributed by atoms with E-state index in [9.17, 15) is 4.79 Å². The number of amides is 1. The minimum atomic E-state index is -0.134. The third-order valence-electron chi connectivity index (χ3n) is 5.30. The molecule has 1 aliphatic heterocycles. The van der Waals surface area contributed by atoms with Crippen molar-refractivity contribution < 1.29 is 4.79 Å². The Bertz CT molecular complexity index is 895. The van der Waals surface area contributed by atoms with Crippen LogP contribution in [0.15, 0.2) is 48.7 Å². The van der Waals surface area contributed by atoms with Crippen molar-refractivity contribution in [1.82, 2.24) is 14.9 Å².